The first kappa shape index (κ1) is 15.6. The SMILES string of the molecule is CCC(CC)C(=O)N1CCN(C(=O)C2CSCN2)CC1. The van der Waals surface area contributed by atoms with E-state index in [-0.39, 0.29) is 23.8 Å². The molecule has 2 rings (SSSR count). The molecule has 6 heteroatoms. The quantitative estimate of drug-likeness (QED) is 0.832. The Balaban J connectivity index is 1.82. The normalized spacial score (nSPS) is 23.4. The number of hydrogen-bond acceptors (Lipinski definition) is 4. The van der Waals surface area contributed by atoms with Crippen molar-refractivity contribution in [2.75, 3.05) is 37.8 Å². The zero-order valence-electron chi connectivity index (χ0n) is 12.4. The standard InChI is InChI=1S/C14H25N3O2S/c1-3-11(4-2)13(18)16-5-7-17(8-6-16)14(19)12-9-20-10-15-12/h11-12,15H,3-10H2,1-2H3. The number of thioether (sulfide) groups is 1. The molecular formula is C14H25N3O2S. The molecule has 2 fully saturated rings. The lowest BCUT2D eigenvalue weighted by Gasteiger charge is -2.37. The lowest BCUT2D eigenvalue weighted by molar-refractivity contribution is -0.142. The molecule has 1 atom stereocenters. The predicted molar refractivity (Wildman–Crippen MR) is 81.5 cm³/mol. The van der Waals surface area contributed by atoms with E-state index < -0.39 is 0 Å². The summed E-state index contributed by atoms with van der Waals surface area (Å²) in [4.78, 5) is 28.4. The van der Waals surface area contributed by atoms with Crippen LogP contribution in [0.4, 0.5) is 0 Å². The van der Waals surface area contributed by atoms with E-state index in [1.807, 2.05) is 9.80 Å². The first-order valence-corrected chi connectivity index (χ1v) is 8.71. The molecule has 0 saturated carbocycles. The molecule has 1 unspecified atom stereocenters. The van der Waals surface area contributed by atoms with Crippen LogP contribution >= 0.6 is 11.8 Å². The second-order valence-electron chi connectivity index (χ2n) is 5.44. The summed E-state index contributed by atoms with van der Waals surface area (Å²) >= 11 is 1.77. The van der Waals surface area contributed by atoms with Crippen LogP contribution in [0, 0.1) is 5.92 Å². The molecule has 2 aliphatic heterocycles. The Morgan fingerprint density at radius 1 is 1.15 bits per heavy atom. The van der Waals surface area contributed by atoms with Crippen molar-refractivity contribution < 1.29 is 9.59 Å². The van der Waals surface area contributed by atoms with Crippen molar-refractivity contribution in [3.63, 3.8) is 0 Å². The smallest absolute Gasteiger partial charge is 0.240 e. The molecule has 0 aromatic rings. The summed E-state index contributed by atoms with van der Waals surface area (Å²) < 4.78 is 0. The first-order chi connectivity index (χ1) is 9.67. The lowest BCUT2D eigenvalue weighted by atomic mass is 10.0. The second-order valence-corrected chi connectivity index (χ2v) is 6.47. The fourth-order valence-corrected chi connectivity index (χ4v) is 3.75. The maximum atomic E-state index is 12.3. The number of nitrogens with one attached hydrogen (secondary N) is 1. The molecule has 0 aromatic heterocycles. The van der Waals surface area contributed by atoms with E-state index in [1.54, 1.807) is 11.8 Å². The van der Waals surface area contributed by atoms with Crippen LogP contribution in [0.5, 0.6) is 0 Å². The third-order valence-electron chi connectivity index (χ3n) is 4.25. The highest BCUT2D eigenvalue weighted by atomic mass is 32.2. The summed E-state index contributed by atoms with van der Waals surface area (Å²) in [6, 6.07) is -0.0266. The van der Waals surface area contributed by atoms with Crippen molar-refractivity contribution in [1.29, 1.82) is 0 Å². The average Bonchev–Trinajstić information content (AvgIpc) is 3.02. The van der Waals surface area contributed by atoms with Gasteiger partial charge < -0.3 is 9.80 Å². The Bertz CT molecular complexity index is 324. The van der Waals surface area contributed by atoms with E-state index in [0.29, 0.717) is 26.2 Å². The number of hydrogen-bond donors (Lipinski definition) is 1. The average molecular weight is 299 g/mol. The number of piperazine rings is 1. The Labute approximate surface area is 125 Å². The van der Waals surface area contributed by atoms with Crippen LogP contribution in [0.25, 0.3) is 0 Å². The summed E-state index contributed by atoms with van der Waals surface area (Å²) in [6.45, 7) is 6.84. The molecule has 5 nitrogen and oxygen atoms in total. The molecule has 2 amide bonds. The number of carbonyl (C=O) groups excluding carboxylic acids is 2. The van der Waals surface area contributed by atoms with Gasteiger partial charge in [0.2, 0.25) is 11.8 Å². The first-order valence-electron chi connectivity index (χ1n) is 7.56. The van der Waals surface area contributed by atoms with Crippen molar-refractivity contribution in [3.05, 3.63) is 0 Å². The van der Waals surface area contributed by atoms with Gasteiger partial charge in [0.25, 0.3) is 0 Å². The van der Waals surface area contributed by atoms with Crippen LogP contribution < -0.4 is 5.32 Å². The maximum absolute atomic E-state index is 12.3. The van der Waals surface area contributed by atoms with Crippen molar-refractivity contribution >= 4 is 23.6 Å². The zero-order chi connectivity index (χ0) is 14.5. The van der Waals surface area contributed by atoms with E-state index in [4.69, 9.17) is 0 Å². The number of amides is 2. The van der Waals surface area contributed by atoms with Crippen LogP contribution in [-0.4, -0.2) is 65.5 Å². The lowest BCUT2D eigenvalue weighted by Crippen LogP contribution is -2.55. The van der Waals surface area contributed by atoms with Gasteiger partial charge in [0.15, 0.2) is 0 Å². The van der Waals surface area contributed by atoms with E-state index in [0.717, 1.165) is 24.5 Å². The summed E-state index contributed by atoms with van der Waals surface area (Å²) in [7, 11) is 0. The highest BCUT2D eigenvalue weighted by Crippen LogP contribution is 2.16. The van der Waals surface area contributed by atoms with Crippen LogP contribution in [0.3, 0.4) is 0 Å². The topological polar surface area (TPSA) is 52.7 Å². The van der Waals surface area contributed by atoms with Crippen molar-refractivity contribution in [3.8, 4) is 0 Å². The van der Waals surface area contributed by atoms with Gasteiger partial charge in [-0.15, -0.1) is 11.8 Å². The van der Waals surface area contributed by atoms with Gasteiger partial charge in [0, 0.05) is 43.7 Å². The van der Waals surface area contributed by atoms with Gasteiger partial charge in [-0.2, -0.15) is 0 Å². The summed E-state index contributed by atoms with van der Waals surface area (Å²) in [5, 5.41) is 3.22. The van der Waals surface area contributed by atoms with Gasteiger partial charge in [0.05, 0.1) is 6.04 Å². The molecule has 0 bridgehead atoms. The third-order valence-corrected chi connectivity index (χ3v) is 5.19. The van der Waals surface area contributed by atoms with E-state index in [1.165, 1.54) is 0 Å². The maximum Gasteiger partial charge on any atom is 0.240 e. The Kier molecular flexibility index (Phi) is 5.72. The van der Waals surface area contributed by atoms with Crippen LogP contribution in [0.1, 0.15) is 26.7 Å². The molecule has 20 heavy (non-hydrogen) atoms. The highest BCUT2D eigenvalue weighted by molar-refractivity contribution is 7.99. The minimum absolute atomic E-state index is 0.0266. The minimum atomic E-state index is -0.0266. The molecule has 114 valence electrons. The van der Waals surface area contributed by atoms with Gasteiger partial charge >= 0.3 is 0 Å². The molecule has 1 N–H and O–H groups in total. The van der Waals surface area contributed by atoms with Crippen molar-refractivity contribution in [2.24, 2.45) is 5.92 Å². The molecular weight excluding hydrogens is 274 g/mol. The van der Waals surface area contributed by atoms with E-state index >= 15 is 0 Å². The number of carbonyl (C=O) groups is 2. The van der Waals surface area contributed by atoms with Crippen LogP contribution in [0.15, 0.2) is 0 Å². The van der Waals surface area contributed by atoms with Crippen molar-refractivity contribution in [1.82, 2.24) is 15.1 Å². The summed E-state index contributed by atoms with van der Waals surface area (Å²) in [5.74, 6) is 2.33. The molecule has 2 saturated heterocycles. The molecule has 0 spiro atoms. The third kappa shape index (κ3) is 3.47. The van der Waals surface area contributed by atoms with Gasteiger partial charge in [-0.05, 0) is 12.8 Å². The van der Waals surface area contributed by atoms with E-state index in [9.17, 15) is 9.59 Å². The Morgan fingerprint density at radius 3 is 2.25 bits per heavy atom. The van der Waals surface area contributed by atoms with Gasteiger partial charge in [-0.3, -0.25) is 14.9 Å². The zero-order valence-corrected chi connectivity index (χ0v) is 13.2. The van der Waals surface area contributed by atoms with E-state index in [2.05, 4.69) is 19.2 Å². The molecule has 0 aliphatic carbocycles. The Morgan fingerprint density at radius 2 is 1.75 bits per heavy atom. The number of rotatable bonds is 4. The monoisotopic (exact) mass is 299 g/mol. The van der Waals surface area contributed by atoms with Crippen LogP contribution in [-0.2, 0) is 9.59 Å². The van der Waals surface area contributed by atoms with Gasteiger partial charge in [-0.25, -0.2) is 0 Å². The predicted octanol–water partition coefficient (Wildman–Crippen LogP) is 0.756. The summed E-state index contributed by atoms with van der Waals surface area (Å²) in [6.07, 6.45) is 1.80. The molecule has 0 radical (unpaired) electrons. The van der Waals surface area contributed by atoms with Gasteiger partial charge in [-0.1, -0.05) is 13.8 Å². The molecule has 2 aliphatic rings. The second kappa shape index (κ2) is 7.31. The Hall–Kier alpha value is -0.750. The van der Waals surface area contributed by atoms with Crippen molar-refractivity contribution in [2.45, 2.75) is 32.7 Å². The molecule has 0 aromatic carbocycles. The van der Waals surface area contributed by atoms with Gasteiger partial charge in [0.1, 0.15) is 0 Å². The molecule has 2 heterocycles. The minimum Gasteiger partial charge on any atom is -0.339 e. The fraction of sp³-hybridized carbons (Fsp3) is 0.857. The number of nitrogens with zero attached hydrogens (tertiary/aromatic N) is 2. The summed E-state index contributed by atoms with van der Waals surface area (Å²) in [5.41, 5.74) is 0. The highest BCUT2D eigenvalue weighted by Gasteiger charge is 2.31. The largest absolute Gasteiger partial charge is 0.339 e. The fourth-order valence-electron chi connectivity index (χ4n) is 2.82. The van der Waals surface area contributed by atoms with Crippen LogP contribution in [0.2, 0.25) is 0 Å².